The van der Waals surface area contributed by atoms with Gasteiger partial charge in [0.05, 0.1) is 0 Å². The summed E-state index contributed by atoms with van der Waals surface area (Å²) in [7, 11) is 0. The SMILES string of the molecule is CCCCCCC(CC)CC(C)(C)OC(N)=O. The highest BCUT2D eigenvalue weighted by atomic mass is 16.6. The van der Waals surface area contributed by atoms with Gasteiger partial charge in [-0.3, -0.25) is 0 Å². The molecule has 1 amide bonds. The van der Waals surface area contributed by atoms with E-state index in [2.05, 4.69) is 13.8 Å². The number of carbonyl (C=O) groups excluding carboxylic acids is 1. The number of amides is 1. The predicted octanol–water partition coefficient (Wildman–Crippen LogP) is 4.25. The Labute approximate surface area is 106 Å². The van der Waals surface area contributed by atoms with Crippen molar-refractivity contribution in [3.8, 4) is 0 Å². The van der Waals surface area contributed by atoms with Gasteiger partial charge in [-0.05, 0) is 26.2 Å². The van der Waals surface area contributed by atoms with Gasteiger partial charge in [0.15, 0.2) is 0 Å². The molecule has 0 heterocycles. The quantitative estimate of drug-likeness (QED) is 0.615. The van der Waals surface area contributed by atoms with Crippen LogP contribution in [0.2, 0.25) is 0 Å². The minimum Gasteiger partial charge on any atom is -0.444 e. The molecule has 0 radical (unpaired) electrons. The van der Waals surface area contributed by atoms with Gasteiger partial charge in [0.2, 0.25) is 0 Å². The molecule has 102 valence electrons. The van der Waals surface area contributed by atoms with Gasteiger partial charge in [-0.15, -0.1) is 0 Å². The van der Waals surface area contributed by atoms with E-state index in [0.717, 1.165) is 12.8 Å². The van der Waals surface area contributed by atoms with Crippen molar-refractivity contribution < 1.29 is 9.53 Å². The lowest BCUT2D eigenvalue weighted by atomic mass is 9.87. The van der Waals surface area contributed by atoms with Crippen LogP contribution in [0.5, 0.6) is 0 Å². The zero-order valence-electron chi connectivity index (χ0n) is 11.9. The lowest BCUT2D eigenvalue weighted by Crippen LogP contribution is -2.33. The third-order valence-corrected chi connectivity index (χ3v) is 3.20. The fourth-order valence-electron chi connectivity index (χ4n) is 2.32. The summed E-state index contributed by atoms with van der Waals surface area (Å²) < 4.78 is 5.14. The Morgan fingerprint density at radius 1 is 1.24 bits per heavy atom. The largest absolute Gasteiger partial charge is 0.444 e. The maximum Gasteiger partial charge on any atom is 0.405 e. The molecule has 0 aliphatic heterocycles. The Morgan fingerprint density at radius 3 is 2.35 bits per heavy atom. The third kappa shape index (κ3) is 9.02. The molecular weight excluding hydrogens is 214 g/mol. The molecule has 2 N–H and O–H groups in total. The summed E-state index contributed by atoms with van der Waals surface area (Å²) in [4.78, 5) is 10.8. The lowest BCUT2D eigenvalue weighted by Gasteiger charge is -2.28. The van der Waals surface area contributed by atoms with Gasteiger partial charge in [0.25, 0.3) is 0 Å². The Morgan fingerprint density at radius 2 is 1.88 bits per heavy atom. The normalized spacial score (nSPS) is 13.4. The molecule has 3 heteroatoms. The molecular formula is C14H29NO2. The number of hydrogen-bond donors (Lipinski definition) is 1. The molecule has 1 atom stereocenters. The lowest BCUT2D eigenvalue weighted by molar-refractivity contribution is 0.0247. The van der Waals surface area contributed by atoms with E-state index in [1.54, 1.807) is 0 Å². The molecule has 1 unspecified atom stereocenters. The van der Waals surface area contributed by atoms with E-state index in [9.17, 15) is 4.79 Å². The highest BCUT2D eigenvalue weighted by Gasteiger charge is 2.25. The summed E-state index contributed by atoms with van der Waals surface area (Å²) in [6, 6.07) is 0. The fraction of sp³-hybridized carbons (Fsp3) is 0.929. The topological polar surface area (TPSA) is 52.3 Å². The van der Waals surface area contributed by atoms with Gasteiger partial charge in [0, 0.05) is 0 Å². The van der Waals surface area contributed by atoms with Crippen LogP contribution in [-0.2, 0) is 4.74 Å². The van der Waals surface area contributed by atoms with Crippen molar-refractivity contribution in [1.29, 1.82) is 0 Å². The summed E-state index contributed by atoms with van der Waals surface area (Å²) in [5.74, 6) is 0.626. The van der Waals surface area contributed by atoms with Crippen molar-refractivity contribution in [1.82, 2.24) is 0 Å². The average Bonchev–Trinajstić information content (AvgIpc) is 2.20. The molecule has 0 bridgehead atoms. The van der Waals surface area contributed by atoms with E-state index in [4.69, 9.17) is 10.5 Å². The predicted molar refractivity (Wildman–Crippen MR) is 71.9 cm³/mol. The highest BCUT2D eigenvalue weighted by Crippen LogP contribution is 2.26. The van der Waals surface area contributed by atoms with Crippen LogP contribution in [0.3, 0.4) is 0 Å². The van der Waals surface area contributed by atoms with Crippen LogP contribution in [0, 0.1) is 5.92 Å². The number of nitrogens with two attached hydrogens (primary N) is 1. The molecule has 17 heavy (non-hydrogen) atoms. The molecule has 0 saturated carbocycles. The third-order valence-electron chi connectivity index (χ3n) is 3.20. The Balaban J connectivity index is 3.97. The summed E-state index contributed by atoms with van der Waals surface area (Å²) in [6.07, 6.45) is 7.77. The van der Waals surface area contributed by atoms with Gasteiger partial charge in [0.1, 0.15) is 5.60 Å². The van der Waals surface area contributed by atoms with E-state index >= 15 is 0 Å². The van der Waals surface area contributed by atoms with E-state index < -0.39 is 11.7 Å². The van der Waals surface area contributed by atoms with Crippen molar-refractivity contribution >= 4 is 6.09 Å². The van der Waals surface area contributed by atoms with E-state index in [-0.39, 0.29) is 0 Å². The number of primary amides is 1. The van der Waals surface area contributed by atoms with Crippen molar-refractivity contribution in [3.05, 3.63) is 0 Å². The highest BCUT2D eigenvalue weighted by molar-refractivity contribution is 5.65. The number of hydrogen-bond acceptors (Lipinski definition) is 2. The summed E-state index contributed by atoms with van der Waals surface area (Å²) >= 11 is 0. The molecule has 0 aliphatic carbocycles. The first-order chi connectivity index (χ1) is 7.91. The maximum atomic E-state index is 10.8. The first-order valence-electron chi connectivity index (χ1n) is 6.89. The second-order valence-electron chi connectivity index (χ2n) is 5.51. The van der Waals surface area contributed by atoms with Crippen LogP contribution in [0.4, 0.5) is 4.79 Å². The summed E-state index contributed by atoms with van der Waals surface area (Å²) in [5.41, 5.74) is 4.64. The van der Waals surface area contributed by atoms with Crippen LogP contribution in [0.25, 0.3) is 0 Å². The minimum atomic E-state index is -0.671. The van der Waals surface area contributed by atoms with Crippen LogP contribution in [-0.4, -0.2) is 11.7 Å². The molecule has 0 aromatic carbocycles. The van der Waals surface area contributed by atoms with Gasteiger partial charge >= 0.3 is 6.09 Å². The maximum absolute atomic E-state index is 10.8. The molecule has 3 nitrogen and oxygen atoms in total. The second-order valence-corrected chi connectivity index (χ2v) is 5.51. The van der Waals surface area contributed by atoms with Crippen molar-refractivity contribution in [2.24, 2.45) is 11.7 Å². The molecule has 0 aliphatic rings. The number of carbonyl (C=O) groups is 1. The molecule has 0 spiro atoms. The molecule has 0 fully saturated rings. The smallest absolute Gasteiger partial charge is 0.405 e. The fourth-order valence-corrected chi connectivity index (χ4v) is 2.32. The van der Waals surface area contributed by atoms with Crippen molar-refractivity contribution in [3.63, 3.8) is 0 Å². The Bertz CT molecular complexity index is 214. The zero-order valence-corrected chi connectivity index (χ0v) is 11.9. The van der Waals surface area contributed by atoms with Gasteiger partial charge in [-0.2, -0.15) is 0 Å². The van der Waals surface area contributed by atoms with Gasteiger partial charge in [-0.25, -0.2) is 4.79 Å². The molecule has 0 aromatic heterocycles. The van der Waals surface area contributed by atoms with Crippen LogP contribution >= 0.6 is 0 Å². The van der Waals surface area contributed by atoms with Crippen molar-refractivity contribution in [2.75, 3.05) is 0 Å². The standard InChI is InChI=1S/C14H29NO2/c1-5-7-8-9-10-12(6-2)11-14(3,4)17-13(15)16/h12H,5-11H2,1-4H3,(H2,15,16). The number of rotatable bonds is 9. The number of unbranched alkanes of at least 4 members (excludes halogenated alkanes) is 3. The Kier molecular flexibility index (Phi) is 8.01. The van der Waals surface area contributed by atoms with Gasteiger partial charge < -0.3 is 10.5 Å². The molecule has 0 aromatic rings. The monoisotopic (exact) mass is 243 g/mol. The second kappa shape index (κ2) is 8.37. The van der Waals surface area contributed by atoms with Crippen LogP contribution in [0.15, 0.2) is 0 Å². The van der Waals surface area contributed by atoms with Crippen molar-refractivity contribution in [2.45, 2.75) is 78.2 Å². The van der Waals surface area contributed by atoms with E-state index in [1.807, 2.05) is 13.8 Å². The summed E-state index contributed by atoms with van der Waals surface area (Å²) in [5, 5.41) is 0. The number of ether oxygens (including phenoxy) is 1. The molecule has 0 saturated heterocycles. The summed E-state index contributed by atoms with van der Waals surface area (Å²) in [6.45, 7) is 8.30. The molecule has 0 rings (SSSR count). The Hall–Kier alpha value is -0.730. The average molecular weight is 243 g/mol. The van der Waals surface area contributed by atoms with E-state index in [1.165, 1.54) is 32.1 Å². The first kappa shape index (κ1) is 16.3. The van der Waals surface area contributed by atoms with Gasteiger partial charge in [-0.1, -0.05) is 52.4 Å². The van der Waals surface area contributed by atoms with Crippen LogP contribution in [0.1, 0.15) is 72.6 Å². The zero-order chi connectivity index (χ0) is 13.3. The minimum absolute atomic E-state index is 0.433. The van der Waals surface area contributed by atoms with E-state index in [0.29, 0.717) is 5.92 Å². The first-order valence-corrected chi connectivity index (χ1v) is 6.89. The van der Waals surface area contributed by atoms with Crippen LogP contribution < -0.4 is 5.73 Å².